The van der Waals surface area contributed by atoms with Gasteiger partial charge in [0.1, 0.15) is 0 Å². The number of aryl methyl sites for hydroxylation is 1. The third-order valence-electron chi connectivity index (χ3n) is 4.03. The molecule has 8 heteroatoms. The molecule has 0 radical (unpaired) electrons. The van der Waals surface area contributed by atoms with Gasteiger partial charge in [0.2, 0.25) is 5.89 Å². The molecule has 2 N–H and O–H groups in total. The van der Waals surface area contributed by atoms with Gasteiger partial charge in [-0.25, -0.2) is 0 Å². The van der Waals surface area contributed by atoms with E-state index in [0.717, 1.165) is 25.3 Å². The first-order valence-electron chi connectivity index (χ1n) is 8.44. The minimum Gasteiger partial charge on any atom is -0.371 e. The van der Waals surface area contributed by atoms with E-state index in [1.165, 1.54) is 19.3 Å². The maximum atomic E-state index is 6.25. The van der Waals surface area contributed by atoms with Crippen LogP contribution < -0.4 is 10.6 Å². The van der Waals surface area contributed by atoms with Gasteiger partial charge in [-0.2, -0.15) is 4.98 Å². The predicted octanol–water partition coefficient (Wildman–Crippen LogP) is 2.79. The van der Waals surface area contributed by atoms with Crippen LogP contribution in [0.4, 0.5) is 0 Å². The van der Waals surface area contributed by atoms with Crippen LogP contribution in [-0.2, 0) is 11.3 Å². The Labute approximate surface area is 161 Å². The van der Waals surface area contributed by atoms with Gasteiger partial charge in [0.05, 0.1) is 18.2 Å². The highest BCUT2D eigenvalue weighted by Crippen LogP contribution is 2.32. The molecule has 1 aromatic heterocycles. The SMILES string of the molecule is CN=C(NCc1nc(C)no1)NCC1(OC(C)C)CCCCC1.I. The molecular weight excluding hydrogens is 421 g/mol. The summed E-state index contributed by atoms with van der Waals surface area (Å²) in [6, 6.07) is 0. The largest absolute Gasteiger partial charge is 0.371 e. The van der Waals surface area contributed by atoms with E-state index in [2.05, 4.69) is 39.6 Å². The molecule has 0 saturated heterocycles. The second kappa shape index (κ2) is 10.2. The highest BCUT2D eigenvalue weighted by Gasteiger charge is 2.34. The van der Waals surface area contributed by atoms with Crippen molar-refractivity contribution in [1.29, 1.82) is 0 Å². The van der Waals surface area contributed by atoms with Crippen LogP contribution in [0.2, 0.25) is 0 Å². The molecule has 0 aliphatic heterocycles. The van der Waals surface area contributed by atoms with Gasteiger partial charge in [0.25, 0.3) is 0 Å². The summed E-state index contributed by atoms with van der Waals surface area (Å²) in [6.45, 7) is 7.21. The van der Waals surface area contributed by atoms with Crippen LogP contribution in [0.25, 0.3) is 0 Å². The number of guanidine groups is 1. The first-order chi connectivity index (χ1) is 11.0. The highest BCUT2D eigenvalue weighted by molar-refractivity contribution is 14.0. The number of hydrogen-bond acceptors (Lipinski definition) is 5. The Morgan fingerprint density at radius 2 is 2.00 bits per heavy atom. The molecular formula is C16H30IN5O2. The summed E-state index contributed by atoms with van der Waals surface area (Å²) < 4.78 is 11.3. The number of aliphatic imine (C=N–C) groups is 1. The fourth-order valence-corrected chi connectivity index (χ4v) is 3.07. The van der Waals surface area contributed by atoms with Gasteiger partial charge in [0, 0.05) is 13.6 Å². The molecule has 1 aliphatic carbocycles. The zero-order valence-corrected chi connectivity index (χ0v) is 17.4. The summed E-state index contributed by atoms with van der Waals surface area (Å²) >= 11 is 0. The fourth-order valence-electron chi connectivity index (χ4n) is 3.07. The number of rotatable bonds is 6. The zero-order valence-electron chi connectivity index (χ0n) is 15.1. The summed E-state index contributed by atoms with van der Waals surface area (Å²) in [5.41, 5.74) is -0.0922. The lowest BCUT2D eigenvalue weighted by Gasteiger charge is -2.39. The molecule has 0 unspecified atom stereocenters. The van der Waals surface area contributed by atoms with Crippen molar-refractivity contribution >= 4 is 29.9 Å². The van der Waals surface area contributed by atoms with Crippen molar-refractivity contribution in [3.8, 4) is 0 Å². The maximum absolute atomic E-state index is 6.25. The zero-order chi connectivity index (χ0) is 16.7. The topological polar surface area (TPSA) is 84.6 Å². The van der Waals surface area contributed by atoms with E-state index in [1.54, 1.807) is 14.0 Å². The summed E-state index contributed by atoms with van der Waals surface area (Å²) in [7, 11) is 1.76. The molecule has 24 heavy (non-hydrogen) atoms. The average Bonchev–Trinajstić information content (AvgIpc) is 2.93. The van der Waals surface area contributed by atoms with Gasteiger partial charge in [-0.15, -0.1) is 24.0 Å². The molecule has 1 aromatic rings. The van der Waals surface area contributed by atoms with E-state index >= 15 is 0 Å². The van der Waals surface area contributed by atoms with E-state index in [0.29, 0.717) is 18.3 Å². The summed E-state index contributed by atoms with van der Waals surface area (Å²) in [5.74, 6) is 1.91. The Kier molecular flexibility index (Phi) is 8.96. The van der Waals surface area contributed by atoms with Crippen LogP contribution in [0.3, 0.4) is 0 Å². The van der Waals surface area contributed by atoms with Crippen molar-refractivity contribution in [3.63, 3.8) is 0 Å². The third-order valence-corrected chi connectivity index (χ3v) is 4.03. The summed E-state index contributed by atoms with van der Waals surface area (Å²) in [4.78, 5) is 8.43. The van der Waals surface area contributed by atoms with E-state index < -0.39 is 0 Å². The molecule has 7 nitrogen and oxygen atoms in total. The number of aromatic nitrogens is 2. The van der Waals surface area contributed by atoms with E-state index in [1.807, 2.05) is 0 Å². The molecule has 0 amide bonds. The van der Waals surface area contributed by atoms with Crippen LogP contribution >= 0.6 is 24.0 Å². The first kappa shape index (κ1) is 21.1. The Bertz CT molecular complexity index is 512. The molecule has 1 aliphatic rings. The fraction of sp³-hybridized carbons (Fsp3) is 0.812. The minimum absolute atomic E-state index is 0. The van der Waals surface area contributed by atoms with Crippen molar-refractivity contribution in [3.05, 3.63) is 11.7 Å². The summed E-state index contributed by atoms with van der Waals surface area (Å²) in [6.07, 6.45) is 6.16. The van der Waals surface area contributed by atoms with Crippen LogP contribution in [0, 0.1) is 6.92 Å². The monoisotopic (exact) mass is 451 g/mol. The molecule has 0 atom stereocenters. The van der Waals surface area contributed by atoms with Crippen LogP contribution in [0.1, 0.15) is 57.7 Å². The molecule has 1 heterocycles. The van der Waals surface area contributed by atoms with Crippen molar-refractivity contribution < 1.29 is 9.26 Å². The van der Waals surface area contributed by atoms with Crippen LogP contribution in [0.5, 0.6) is 0 Å². The molecule has 0 spiro atoms. The lowest BCUT2D eigenvalue weighted by Crippen LogP contribution is -2.50. The van der Waals surface area contributed by atoms with Crippen molar-refractivity contribution in [2.24, 2.45) is 4.99 Å². The second-order valence-corrected chi connectivity index (χ2v) is 6.42. The van der Waals surface area contributed by atoms with E-state index in [-0.39, 0.29) is 35.7 Å². The smallest absolute Gasteiger partial charge is 0.246 e. The van der Waals surface area contributed by atoms with Gasteiger partial charge >= 0.3 is 0 Å². The maximum Gasteiger partial charge on any atom is 0.246 e. The Morgan fingerprint density at radius 1 is 1.29 bits per heavy atom. The van der Waals surface area contributed by atoms with Crippen LogP contribution in [-0.4, -0.2) is 41.4 Å². The molecule has 1 saturated carbocycles. The van der Waals surface area contributed by atoms with Gasteiger partial charge < -0.3 is 19.9 Å². The number of halogens is 1. The van der Waals surface area contributed by atoms with Crippen molar-refractivity contribution in [2.45, 2.75) is 71.1 Å². The van der Waals surface area contributed by atoms with E-state index in [9.17, 15) is 0 Å². The molecule has 2 rings (SSSR count). The Morgan fingerprint density at radius 3 is 2.54 bits per heavy atom. The lowest BCUT2D eigenvalue weighted by molar-refractivity contribution is -0.0969. The average molecular weight is 451 g/mol. The van der Waals surface area contributed by atoms with Gasteiger partial charge in [0.15, 0.2) is 11.8 Å². The molecule has 0 aromatic carbocycles. The number of ether oxygens (including phenoxy) is 1. The molecule has 138 valence electrons. The first-order valence-corrected chi connectivity index (χ1v) is 8.44. The summed E-state index contributed by atoms with van der Waals surface area (Å²) in [5, 5.41) is 10.4. The number of nitrogens with one attached hydrogen (secondary N) is 2. The predicted molar refractivity (Wildman–Crippen MR) is 105 cm³/mol. The second-order valence-electron chi connectivity index (χ2n) is 6.42. The van der Waals surface area contributed by atoms with Crippen LogP contribution in [0.15, 0.2) is 9.52 Å². The highest BCUT2D eigenvalue weighted by atomic mass is 127. The quantitative estimate of drug-likeness (QED) is 0.393. The lowest BCUT2D eigenvalue weighted by atomic mass is 9.84. The third kappa shape index (κ3) is 6.54. The normalized spacial score (nSPS) is 17.5. The Hall–Kier alpha value is -0.900. The molecule has 1 fully saturated rings. The standard InChI is InChI=1S/C16H29N5O2.HI/c1-12(2)22-16(8-6-5-7-9-16)11-19-15(17-4)18-10-14-20-13(3)21-23-14;/h12H,5-11H2,1-4H3,(H2,17,18,19);1H. The van der Waals surface area contributed by atoms with Gasteiger partial charge in [-0.05, 0) is 33.6 Å². The van der Waals surface area contributed by atoms with Gasteiger partial charge in [-0.3, -0.25) is 4.99 Å². The van der Waals surface area contributed by atoms with Crippen molar-refractivity contribution in [2.75, 3.05) is 13.6 Å². The molecule has 0 bridgehead atoms. The Balaban J connectivity index is 0.00000288. The van der Waals surface area contributed by atoms with Gasteiger partial charge in [-0.1, -0.05) is 24.4 Å². The van der Waals surface area contributed by atoms with Crippen molar-refractivity contribution in [1.82, 2.24) is 20.8 Å². The minimum atomic E-state index is -0.0922. The number of nitrogens with zero attached hydrogens (tertiary/aromatic N) is 3. The number of hydrogen-bond donors (Lipinski definition) is 2. The van der Waals surface area contributed by atoms with E-state index in [4.69, 9.17) is 9.26 Å².